The molecule has 3 heterocycles. The molecular formula is C26H24N4O3S. The second-order valence-corrected chi connectivity index (χ2v) is 9.95. The number of fused-ring (bicyclic) bond motifs is 1. The van der Waals surface area contributed by atoms with Gasteiger partial charge in [-0.2, -0.15) is 8.42 Å². The van der Waals surface area contributed by atoms with Crippen molar-refractivity contribution in [3.8, 4) is 0 Å². The van der Waals surface area contributed by atoms with E-state index < -0.39 is 10.0 Å². The molecule has 2 aliphatic rings. The van der Waals surface area contributed by atoms with E-state index in [1.165, 1.54) is 0 Å². The Morgan fingerprint density at radius 2 is 1.88 bits per heavy atom. The lowest BCUT2D eigenvalue weighted by atomic mass is 9.96. The Morgan fingerprint density at radius 3 is 2.74 bits per heavy atom. The van der Waals surface area contributed by atoms with Crippen molar-refractivity contribution in [2.45, 2.75) is 17.7 Å². The summed E-state index contributed by atoms with van der Waals surface area (Å²) in [4.78, 5) is 19.5. The largest absolute Gasteiger partial charge is 0.355 e. The molecule has 1 N–H and O–H groups in total. The fourth-order valence-corrected chi connectivity index (χ4v) is 5.55. The minimum atomic E-state index is -3.69. The van der Waals surface area contributed by atoms with E-state index in [-0.39, 0.29) is 16.7 Å². The second kappa shape index (κ2) is 9.23. The van der Waals surface area contributed by atoms with Gasteiger partial charge in [0.25, 0.3) is 10.0 Å². The summed E-state index contributed by atoms with van der Waals surface area (Å²) in [6.45, 7) is 1.09. The third-order valence-corrected chi connectivity index (χ3v) is 7.32. The summed E-state index contributed by atoms with van der Waals surface area (Å²) in [6, 6.07) is 20.2. The monoisotopic (exact) mass is 472 g/mol. The van der Waals surface area contributed by atoms with Crippen LogP contribution in [0.1, 0.15) is 29.7 Å². The zero-order valence-corrected chi connectivity index (χ0v) is 19.3. The number of amidine groups is 1. The van der Waals surface area contributed by atoms with Crippen LogP contribution in [0, 0.1) is 5.92 Å². The second-order valence-electron chi connectivity index (χ2n) is 8.37. The highest BCUT2D eigenvalue weighted by Crippen LogP contribution is 2.30. The van der Waals surface area contributed by atoms with Gasteiger partial charge in [-0.1, -0.05) is 36.4 Å². The summed E-state index contributed by atoms with van der Waals surface area (Å²) in [6.07, 6.45) is 7.15. The van der Waals surface area contributed by atoms with Gasteiger partial charge in [-0.25, -0.2) is 0 Å². The summed E-state index contributed by atoms with van der Waals surface area (Å²) in [5.74, 6) is 0.0969. The van der Waals surface area contributed by atoms with Gasteiger partial charge >= 0.3 is 0 Å². The number of hydrogen-bond acceptors (Lipinski definition) is 5. The molecular weight excluding hydrogens is 448 g/mol. The Balaban J connectivity index is 1.28. The maximum atomic E-state index is 13.1. The SMILES string of the molecule is O=C(Nc1cccc(/C=C/c2ccccn2)c1)C1CCCN(C2=NS(=O)(=O)c3ccccc32)C1. The molecule has 34 heavy (non-hydrogen) atoms. The number of carbonyl (C=O) groups excluding carboxylic acids is 1. The molecule has 0 bridgehead atoms. The number of piperidine rings is 1. The molecule has 0 spiro atoms. The number of carbonyl (C=O) groups is 1. The van der Waals surface area contributed by atoms with Crippen molar-refractivity contribution in [3.05, 3.63) is 89.7 Å². The molecule has 172 valence electrons. The first-order valence-corrected chi connectivity index (χ1v) is 12.6. The van der Waals surface area contributed by atoms with Gasteiger partial charge in [0.15, 0.2) is 5.84 Å². The minimum absolute atomic E-state index is 0.0784. The maximum Gasteiger partial charge on any atom is 0.285 e. The highest BCUT2D eigenvalue weighted by molar-refractivity contribution is 7.90. The summed E-state index contributed by atoms with van der Waals surface area (Å²) in [5, 5.41) is 3.02. The van der Waals surface area contributed by atoms with Gasteiger partial charge in [-0.15, -0.1) is 4.40 Å². The summed E-state index contributed by atoms with van der Waals surface area (Å²) < 4.78 is 28.9. The third-order valence-electron chi connectivity index (χ3n) is 5.99. The van der Waals surface area contributed by atoms with Gasteiger partial charge in [-0.05, 0) is 60.9 Å². The number of rotatable bonds is 4. The van der Waals surface area contributed by atoms with Crippen molar-refractivity contribution in [3.63, 3.8) is 0 Å². The molecule has 1 fully saturated rings. The van der Waals surface area contributed by atoms with E-state index in [1.54, 1.807) is 30.5 Å². The van der Waals surface area contributed by atoms with Crippen LogP contribution in [0.4, 0.5) is 5.69 Å². The Hall–Kier alpha value is -3.78. The predicted molar refractivity (Wildman–Crippen MR) is 133 cm³/mol. The number of nitrogens with zero attached hydrogens (tertiary/aromatic N) is 3. The van der Waals surface area contributed by atoms with Crippen molar-refractivity contribution in [1.82, 2.24) is 9.88 Å². The van der Waals surface area contributed by atoms with Crippen molar-refractivity contribution < 1.29 is 13.2 Å². The molecule has 1 saturated heterocycles. The van der Waals surface area contributed by atoms with Crippen molar-refractivity contribution in [1.29, 1.82) is 0 Å². The lowest BCUT2D eigenvalue weighted by Crippen LogP contribution is -2.43. The number of nitrogens with one attached hydrogen (secondary N) is 1. The first kappa shape index (κ1) is 22.0. The number of aromatic nitrogens is 1. The van der Waals surface area contributed by atoms with E-state index in [9.17, 15) is 13.2 Å². The molecule has 0 radical (unpaired) electrons. The lowest BCUT2D eigenvalue weighted by molar-refractivity contribution is -0.121. The Bertz CT molecular complexity index is 1380. The van der Waals surface area contributed by atoms with Gasteiger partial charge < -0.3 is 10.2 Å². The normalized spacial score (nSPS) is 19.0. The average molecular weight is 473 g/mol. The van der Waals surface area contributed by atoms with Crippen LogP contribution in [-0.2, 0) is 14.8 Å². The molecule has 1 amide bonds. The molecule has 1 atom stereocenters. The Kier molecular flexibility index (Phi) is 5.98. The predicted octanol–water partition coefficient (Wildman–Crippen LogP) is 4.05. The van der Waals surface area contributed by atoms with Crippen molar-refractivity contribution >= 4 is 39.6 Å². The van der Waals surface area contributed by atoms with Crippen molar-refractivity contribution in [2.24, 2.45) is 10.3 Å². The zero-order valence-electron chi connectivity index (χ0n) is 18.5. The average Bonchev–Trinajstić information content (AvgIpc) is 3.15. The zero-order chi connectivity index (χ0) is 23.5. The molecule has 0 aliphatic carbocycles. The number of likely N-dealkylation sites (tertiary alicyclic amines) is 1. The maximum absolute atomic E-state index is 13.1. The van der Waals surface area contributed by atoms with E-state index >= 15 is 0 Å². The molecule has 2 aromatic carbocycles. The third kappa shape index (κ3) is 4.63. The molecule has 0 saturated carbocycles. The smallest absolute Gasteiger partial charge is 0.285 e. The fourth-order valence-electron chi connectivity index (χ4n) is 4.32. The highest BCUT2D eigenvalue weighted by atomic mass is 32.2. The first-order chi connectivity index (χ1) is 16.5. The molecule has 1 aromatic heterocycles. The highest BCUT2D eigenvalue weighted by Gasteiger charge is 2.35. The standard InChI is InChI=1S/C26H24N4O3S/c31-26(28-22-10-5-7-19(17-22)13-14-21-9-3-4-15-27-21)20-8-6-16-30(18-20)25-23-11-1-2-12-24(23)34(32,33)29-25/h1-5,7,9-15,17,20H,6,8,16,18H2,(H,28,31)/b14-13+. The summed E-state index contributed by atoms with van der Waals surface area (Å²) in [7, 11) is -3.69. The molecule has 8 heteroatoms. The minimum Gasteiger partial charge on any atom is -0.355 e. The number of benzene rings is 2. The Morgan fingerprint density at radius 1 is 1.03 bits per heavy atom. The molecule has 1 unspecified atom stereocenters. The lowest BCUT2D eigenvalue weighted by Gasteiger charge is -2.33. The number of pyridine rings is 1. The Labute approximate surface area is 198 Å². The van der Waals surface area contributed by atoms with Crippen LogP contribution in [0.3, 0.4) is 0 Å². The van der Waals surface area contributed by atoms with E-state index in [4.69, 9.17) is 0 Å². The molecule has 5 rings (SSSR count). The van der Waals surface area contributed by atoms with Crippen LogP contribution < -0.4 is 5.32 Å². The number of hydrogen-bond donors (Lipinski definition) is 1. The summed E-state index contributed by atoms with van der Waals surface area (Å²) >= 11 is 0. The number of sulfonamides is 1. The van der Waals surface area contributed by atoms with Gasteiger partial charge in [0.1, 0.15) is 4.90 Å². The van der Waals surface area contributed by atoms with Gasteiger partial charge in [0.2, 0.25) is 5.91 Å². The topological polar surface area (TPSA) is 91.7 Å². The van der Waals surface area contributed by atoms with Gasteiger partial charge in [0.05, 0.1) is 11.6 Å². The van der Waals surface area contributed by atoms with Crippen LogP contribution in [0.5, 0.6) is 0 Å². The quantitative estimate of drug-likeness (QED) is 0.619. The van der Waals surface area contributed by atoms with Crippen LogP contribution in [0.2, 0.25) is 0 Å². The van der Waals surface area contributed by atoms with Crippen LogP contribution in [0.15, 0.2) is 82.2 Å². The number of anilines is 1. The summed E-state index contributed by atoms with van der Waals surface area (Å²) in [5.41, 5.74) is 3.14. The van der Waals surface area contributed by atoms with Crippen LogP contribution in [0.25, 0.3) is 12.2 Å². The number of amides is 1. The molecule has 3 aromatic rings. The van der Waals surface area contributed by atoms with E-state index in [2.05, 4.69) is 14.7 Å². The van der Waals surface area contributed by atoms with E-state index in [0.717, 1.165) is 29.8 Å². The fraction of sp³-hybridized carbons (Fsp3) is 0.192. The van der Waals surface area contributed by atoms with E-state index in [0.29, 0.717) is 24.5 Å². The van der Waals surface area contributed by atoms with E-state index in [1.807, 2.05) is 59.5 Å². The van der Waals surface area contributed by atoms with Gasteiger partial charge in [-0.3, -0.25) is 9.78 Å². The van der Waals surface area contributed by atoms with Gasteiger partial charge in [0, 0.05) is 30.5 Å². The van der Waals surface area contributed by atoms with Crippen LogP contribution >= 0.6 is 0 Å². The van der Waals surface area contributed by atoms with Crippen molar-refractivity contribution in [2.75, 3.05) is 18.4 Å². The first-order valence-electron chi connectivity index (χ1n) is 11.2. The molecule has 2 aliphatic heterocycles. The molecule has 7 nitrogen and oxygen atoms in total. The van der Waals surface area contributed by atoms with Crippen LogP contribution in [-0.4, -0.2) is 43.1 Å².